The number of rotatable bonds is 3. The fourth-order valence-electron chi connectivity index (χ4n) is 3.62. The second-order valence-corrected chi connectivity index (χ2v) is 6.44. The molecule has 1 aliphatic rings. The van der Waals surface area contributed by atoms with Gasteiger partial charge >= 0.3 is 0 Å². The molecule has 3 aromatic carbocycles. The van der Waals surface area contributed by atoms with E-state index in [1.54, 1.807) is 0 Å². The van der Waals surface area contributed by atoms with Gasteiger partial charge in [-0.2, -0.15) is 0 Å². The van der Waals surface area contributed by atoms with E-state index in [1.165, 1.54) is 22.6 Å². The summed E-state index contributed by atoms with van der Waals surface area (Å²) in [6, 6.07) is 18.6. The van der Waals surface area contributed by atoms with Crippen LogP contribution in [-0.2, 0) is 0 Å². The topological polar surface area (TPSA) is 46.2 Å². The van der Waals surface area contributed by atoms with Crippen LogP contribution in [0.25, 0.3) is 21.5 Å². The molecule has 0 spiro atoms. The Morgan fingerprint density at radius 1 is 0.909 bits per heavy atom. The van der Waals surface area contributed by atoms with Gasteiger partial charge < -0.3 is 10.8 Å². The largest absolute Gasteiger partial charge is 0.391 e. The normalized spacial score (nSPS) is 18.3. The standard InChI is InChI=1S/C20H21NO/c21-19(20(22)13-7-5-8-13)18-12-14-6-1-2-9-15(14)16-10-3-4-11-17(16)18/h1-4,6,9-13,19-20,22H,5,7-8,21H2/t19-,20+/m0/s1. The predicted octanol–water partition coefficient (Wildman–Crippen LogP) is 4.15. The van der Waals surface area contributed by atoms with Gasteiger partial charge in [0.15, 0.2) is 0 Å². The minimum Gasteiger partial charge on any atom is -0.391 e. The van der Waals surface area contributed by atoms with E-state index < -0.39 is 6.10 Å². The van der Waals surface area contributed by atoms with Crippen LogP contribution in [0.5, 0.6) is 0 Å². The lowest BCUT2D eigenvalue weighted by Gasteiger charge is -2.34. The van der Waals surface area contributed by atoms with Gasteiger partial charge in [-0.15, -0.1) is 0 Å². The number of hydrogen-bond donors (Lipinski definition) is 2. The molecule has 3 N–H and O–H groups in total. The summed E-state index contributed by atoms with van der Waals surface area (Å²) in [6.07, 6.45) is 2.96. The molecule has 2 nitrogen and oxygen atoms in total. The maximum absolute atomic E-state index is 10.6. The number of nitrogens with two attached hydrogens (primary N) is 1. The van der Waals surface area contributed by atoms with Crippen molar-refractivity contribution in [3.8, 4) is 0 Å². The average molecular weight is 291 g/mol. The third-order valence-electron chi connectivity index (χ3n) is 5.16. The zero-order valence-corrected chi connectivity index (χ0v) is 12.6. The smallest absolute Gasteiger partial charge is 0.0761 e. The van der Waals surface area contributed by atoms with Crippen molar-refractivity contribution in [2.45, 2.75) is 31.4 Å². The third-order valence-corrected chi connectivity index (χ3v) is 5.16. The van der Waals surface area contributed by atoms with Crippen LogP contribution in [0.15, 0.2) is 54.6 Å². The molecule has 3 aromatic rings. The molecule has 0 heterocycles. The molecular formula is C20H21NO. The molecule has 2 heteroatoms. The lowest BCUT2D eigenvalue weighted by atomic mass is 9.77. The second-order valence-electron chi connectivity index (χ2n) is 6.44. The minimum absolute atomic E-state index is 0.320. The van der Waals surface area contributed by atoms with Crippen LogP contribution in [0.2, 0.25) is 0 Å². The van der Waals surface area contributed by atoms with Gasteiger partial charge in [0.05, 0.1) is 12.1 Å². The Kier molecular flexibility index (Phi) is 3.36. The first kappa shape index (κ1) is 13.7. The number of aliphatic hydroxyl groups excluding tert-OH is 1. The molecule has 2 atom stereocenters. The minimum atomic E-state index is -0.446. The summed E-state index contributed by atoms with van der Waals surface area (Å²) >= 11 is 0. The summed E-state index contributed by atoms with van der Waals surface area (Å²) in [5.74, 6) is 0.361. The first-order valence-corrected chi connectivity index (χ1v) is 8.10. The fraction of sp³-hybridized carbons (Fsp3) is 0.300. The highest BCUT2D eigenvalue weighted by atomic mass is 16.3. The van der Waals surface area contributed by atoms with Gasteiger partial charge in [-0.3, -0.25) is 0 Å². The van der Waals surface area contributed by atoms with Crippen LogP contribution < -0.4 is 5.73 Å². The van der Waals surface area contributed by atoms with Crippen molar-refractivity contribution < 1.29 is 5.11 Å². The highest BCUT2D eigenvalue weighted by Gasteiger charge is 2.31. The average Bonchev–Trinajstić information content (AvgIpc) is 2.51. The summed E-state index contributed by atoms with van der Waals surface area (Å²) in [5, 5.41) is 15.4. The molecule has 0 radical (unpaired) electrons. The molecule has 0 aromatic heterocycles. The Labute approximate surface area is 130 Å². The maximum Gasteiger partial charge on any atom is 0.0761 e. The number of hydrogen-bond acceptors (Lipinski definition) is 2. The summed E-state index contributed by atoms with van der Waals surface area (Å²) in [4.78, 5) is 0. The lowest BCUT2D eigenvalue weighted by molar-refractivity contribution is 0.0417. The maximum atomic E-state index is 10.6. The molecule has 0 bridgehead atoms. The molecule has 22 heavy (non-hydrogen) atoms. The summed E-state index contributed by atoms with van der Waals surface area (Å²) in [7, 11) is 0. The Balaban J connectivity index is 1.91. The van der Waals surface area contributed by atoms with E-state index in [-0.39, 0.29) is 6.04 Å². The second kappa shape index (κ2) is 5.38. The molecule has 1 aliphatic carbocycles. The van der Waals surface area contributed by atoms with Crippen molar-refractivity contribution in [1.82, 2.24) is 0 Å². The van der Waals surface area contributed by atoms with Gasteiger partial charge in [0.2, 0.25) is 0 Å². The monoisotopic (exact) mass is 291 g/mol. The highest BCUT2D eigenvalue weighted by Crippen LogP contribution is 2.37. The number of aliphatic hydroxyl groups is 1. The van der Waals surface area contributed by atoms with Gasteiger partial charge in [0.1, 0.15) is 0 Å². The predicted molar refractivity (Wildman–Crippen MR) is 91.7 cm³/mol. The van der Waals surface area contributed by atoms with E-state index in [1.807, 2.05) is 6.07 Å². The van der Waals surface area contributed by atoms with Crippen molar-refractivity contribution in [2.24, 2.45) is 11.7 Å². The van der Waals surface area contributed by atoms with E-state index in [4.69, 9.17) is 5.73 Å². The first-order chi connectivity index (χ1) is 10.8. The summed E-state index contributed by atoms with van der Waals surface area (Å²) < 4.78 is 0. The summed E-state index contributed by atoms with van der Waals surface area (Å²) in [6.45, 7) is 0. The lowest BCUT2D eigenvalue weighted by Crippen LogP contribution is -2.36. The van der Waals surface area contributed by atoms with Crippen LogP contribution in [0.3, 0.4) is 0 Å². The Hall–Kier alpha value is -1.90. The Morgan fingerprint density at radius 3 is 2.23 bits per heavy atom. The highest BCUT2D eigenvalue weighted by molar-refractivity contribution is 6.09. The molecule has 4 rings (SSSR count). The Bertz CT molecular complexity index is 822. The zero-order valence-electron chi connectivity index (χ0n) is 12.6. The molecule has 112 valence electrons. The van der Waals surface area contributed by atoms with E-state index in [0.717, 1.165) is 23.8 Å². The van der Waals surface area contributed by atoms with Gasteiger partial charge in [-0.1, -0.05) is 55.0 Å². The molecule has 0 aliphatic heterocycles. The van der Waals surface area contributed by atoms with Crippen LogP contribution in [0.4, 0.5) is 0 Å². The SMILES string of the molecule is N[C@@H](c1cc2ccccc2c2ccccc12)[C@H](O)C1CCC1. The first-order valence-electron chi connectivity index (χ1n) is 8.10. The molecule has 0 saturated heterocycles. The van der Waals surface area contributed by atoms with Crippen molar-refractivity contribution in [1.29, 1.82) is 0 Å². The van der Waals surface area contributed by atoms with Gasteiger partial charge in [-0.25, -0.2) is 0 Å². The van der Waals surface area contributed by atoms with Crippen molar-refractivity contribution >= 4 is 21.5 Å². The van der Waals surface area contributed by atoms with E-state index in [2.05, 4.69) is 48.5 Å². The Morgan fingerprint density at radius 2 is 1.55 bits per heavy atom. The molecule has 1 saturated carbocycles. The van der Waals surface area contributed by atoms with Crippen LogP contribution in [0, 0.1) is 5.92 Å². The van der Waals surface area contributed by atoms with Crippen LogP contribution in [0.1, 0.15) is 30.9 Å². The van der Waals surface area contributed by atoms with Crippen molar-refractivity contribution in [2.75, 3.05) is 0 Å². The van der Waals surface area contributed by atoms with Gasteiger partial charge in [0, 0.05) is 0 Å². The van der Waals surface area contributed by atoms with E-state index in [0.29, 0.717) is 5.92 Å². The zero-order chi connectivity index (χ0) is 15.1. The van der Waals surface area contributed by atoms with Crippen LogP contribution >= 0.6 is 0 Å². The summed E-state index contributed by atoms with van der Waals surface area (Å²) in [5.41, 5.74) is 7.52. The van der Waals surface area contributed by atoms with Crippen molar-refractivity contribution in [3.05, 3.63) is 60.2 Å². The van der Waals surface area contributed by atoms with E-state index in [9.17, 15) is 5.11 Å². The molecule has 0 unspecified atom stereocenters. The molecule has 1 fully saturated rings. The van der Waals surface area contributed by atoms with E-state index >= 15 is 0 Å². The van der Waals surface area contributed by atoms with Gasteiger partial charge in [0.25, 0.3) is 0 Å². The molecular weight excluding hydrogens is 270 g/mol. The number of fused-ring (bicyclic) bond motifs is 3. The van der Waals surface area contributed by atoms with Gasteiger partial charge in [-0.05, 0) is 51.9 Å². The van der Waals surface area contributed by atoms with Crippen LogP contribution in [-0.4, -0.2) is 11.2 Å². The third kappa shape index (κ3) is 2.11. The molecule has 0 amide bonds. The number of benzene rings is 3. The van der Waals surface area contributed by atoms with Crippen molar-refractivity contribution in [3.63, 3.8) is 0 Å². The quantitative estimate of drug-likeness (QED) is 0.712. The fourth-order valence-corrected chi connectivity index (χ4v) is 3.62.